The fourth-order valence-electron chi connectivity index (χ4n) is 1.66. The first kappa shape index (κ1) is 15.4. The maximum Gasteiger partial charge on any atom is 0.268 e. The highest BCUT2D eigenvalue weighted by Crippen LogP contribution is 2.15. The van der Waals surface area contributed by atoms with E-state index < -0.39 is 18.1 Å². The number of nitrogens with zero attached hydrogens (tertiary/aromatic N) is 4. The zero-order valence-corrected chi connectivity index (χ0v) is 11.9. The summed E-state index contributed by atoms with van der Waals surface area (Å²) in [6.45, 7) is -0.987. The van der Waals surface area contributed by atoms with Gasteiger partial charge in [0.1, 0.15) is 29.3 Å². The Morgan fingerprint density at radius 2 is 2.23 bits per heavy atom. The highest BCUT2D eigenvalue weighted by atomic mass is 32.1. The van der Waals surface area contributed by atoms with E-state index in [0.717, 1.165) is 15.9 Å². The van der Waals surface area contributed by atoms with Gasteiger partial charge in [0.2, 0.25) is 0 Å². The van der Waals surface area contributed by atoms with Gasteiger partial charge in [0.25, 0.3) is 11.5 Å². The predicted molar refractivity (Wildman–Crippen MR) is 76.2 cm³/mol. The molecule has 0 bridgehead atoms. The van der Waals surface area contributed by atoms with Gasteiger partial charge >= 0.3 is 0 Å². The minimum atomic E-state index is -0.775. The van der Waals surface area contributed by atoms with E-state index in [-0.39, 0.29) is 27.7 Å². The van der Waals surface area contributed by atoms with Crippen LogP contribution in [0.2, 0.25) is 0 Å². The summed E-state index contributed by atoms with van der Waals surface area (Å²) < 4.78 is 13.4. The number of aryl methyl sites for hydroxylation is 1. The third-order valence-corrected chi connectivity index (χ3v) is 3.52. The molecular formula is C13H8FN5O2S. The van der Waals surface area contributed by atoms with Crippen molar-refractivity contribution in [3.63, 3.8) is 0 Å². The van der Waals surface area contributed by atoms with Gasteiger partial charge in [-0.25, -0.2) is 9.37 Å². The first-order valence-corrected chi connectivity index (χ1v) is 6.78. The molecule has 0 spiro atoms. The van der Waals surface area contributed by atoms with Crippen LogP contribution in [0.25, 0.3) is 0 Å². The second-order valence-electron chi connectivity index (χ2n) is 4.04. The lowest BCUT2D eigenvalue weighted by atomic mass is 10.2. The highest BCUT2D eigenvalue weighted by Gasteiger charge is 2.13. The lowest BCUT2D eigenvalue weighted by Gasteiger charge is -2.08. The minimum Gasteiger partial charge on any atom is -0.320 e. The molecule has 0 saturated heterocycles. The Kier molecular flexibility index (Phi) is 4.61. The molecule has 110 valence electrons. The van der Waals surface area contributed by atoms with Gasteiger partial charge in [0.05, 0.1) is 18.4 Å². The number of aromatic nitrogens is 2. The average Bonchev–Trinajstić information content (AvgIpc) is 2.99. The van der Waals surface area contributed by atoms with E-state index in [2.05, 4.69) is 10.3 Å². The Balaban J connectivity index is 2.31. The summed E-state index contributed by atoms with van der Waals surface area (Å²) in [5, 5.41) is 20.2. The Labute approximate surface area is 127 Å². The largest absolute Gasteiger partial charge is 0.320 e. The second kappa shape index (κ2) is 6.61. The molecule has 9 heteroatoms. The minimum absolute atomic E-state index is 0.144. The zero-order valence-electron chi connectivity index (χ0n) is 11.0. The molecule has 0 atom stereocenters. The van der Waals surface area contributed by atoms with Crippen molar-refractivity contribution in [2.75, 3.05) is 12.0 Å². The normalized spacial score (nSPS) is 9.77. The molecule has 2 rings (SSSR count). The quantitative estimate of drug-likeness (QED) is 0.912. The van der Waals surface area contributed by atoms with Crippen molar-refractivity contribution in [1.29, 1.82) is 10.5 Å². The van der Waals surface area contributed by atoms with Crippen molar-refractivity contribution in [1.82, 2.24) is 9.55 Å². The summed E-state index contributed by atoms with van der Waals surface area (Å²) in [5.41, 5.74) is -0.641. The van der Waals surface area contributed by atoms with Gasteiger partial charge in [0, 0.05) is 6.20 Å². The number of pyridine rings is 1. The van der Waals surface area contributed by atoms with E-state index in [1.807, 2.05) is 6.07 Å². The predicted octanol–water partition coefficient (Wildman–Crippen LogP) is 1.27. The highest BCUT2D eigenvalue weighted by molar-refractivity contribution is 7.14. The molecule has 0 radical (unpaired) electrons. The summed E-state index contributed by atoms with van der Waals surface area (Å²) in [4.78, 5) is 27.7. The Hall–Kier alpha value is -3.04. The SMILES string of the molecule is N#Cc1ncc(C(=O)Nc2cc(C#N)c(=O)n(CCF)c2)s1. The van der Waals surface area contributed by atoms with E-state index in [1.54, 1.807) is 6.07 Å². The standard InChI is InChI=1S/C13H8FN5O2S/c14-1-2-19-7-9(3-8(4-15)13(19)21)18-12(20)10-6-17-11(5-16)22-10/h3,6-7H,1-2H2,(H,18,20). The van der Waals surface area contributed by atoms with Crippen LogP contribution in [-0.2, 0) is 6.54 Å². The Bertz CT molecular complexity index is 859. The third kappa shape index (κ3) is 3.16. The fraction of sp³-hybridized carbons (Fsp3) is 0.154. The van der Waals surface area contributed by atoms with E-state index >= 15 is 0 Å². The van der Waals surface area contributed by atoms with Crippen LogP contribution >= 0.6 is 11.3 Å². The number of hydrogen-bond acceptors (Lipinski definition) is 6. The Morgan fingerprint density at radius 3 is 2.82 bits per heavy atom. The number of hydrogen-bond donors (Lipinski definition) is 1. The molecule has 22 heavy (non-hydrogen) atoms. The number of carbonyl (C=O) groups is 1. The number of alkyl halides is 1. The van der Waals surface area contributed by atoms with Crippen LogP contribution in [-0.4, -0.2) is 22.1 Å². The van der Waals surface area contributed by atoms with Crippen molar-refractivity contribution in [2.24, 2.45) is 0 Å². The van der Waals surface area contributed by atoms with Crippen LogP contribution in [0.4, 0.5) is 10.1 Å². The topological polar surface area (TPSA) is 112 Å². The number of thiazole rings is 1. The summed E-state index contributed by atoms with van der Waals surface area (Å²) in [5.74, 6) is -0.534. The maximum absolute atomic E-state index is 12.4. The number of nitriles is 2. The molecule has 2 aromatic heterocycles. The molecule has 1 N–H and O–H groups in total. The third-order valence-electron chi connectivity index (χ3n) is 2.61. The fourth-order valence-corrected chi connectivity index (χ4v) is 2.27. The van der Waals surface area contributed by atoms with Crippen LogP contribution < -0.4 is 10.9 Å². The van der Waals surface area contributed by atoms with Crippen LogP contribution in [0, 0.1) is 22.7 Å². The molecule has 0 saturated carbocycles. The van der Waals surface area contributed by atoms with Crippen molar-refractivity contribution >= 4 is 22.9 Å². The number of carbonyl (C=O) groups excluding carboxylic acids is 1. The zero-order chi connectivity index (χ0) is 16.1. The van der Waals surface area contributed by atoms with E-state index in [1.165, 1.54) is 18.5 Å². The summed E-state index contributed by atoms with van der Waals surface area (Å²) in [7, 11) is 0. The molecule has 2 aromatic rings. The lowest BCUT2D eigenvalue weighted by molar-refractivity contribution is 0.103. The average molecular weight is 317 g/mol. The van der Waals surface area contributed by atoms with Crippen LogP contribution in [0.3, 0.4) is 0 Å². The summed E-state index contributed by atoms with van der Waals surface area (Å²) in [6, 6.07) is 4.73. The van der Waals surface area contributed by atoms with Crippen molar-refractivity contribution in [3.05, 3.63) is 44.3 Å². The molecule has 0 aliphatic rings. The number of amides is 1. The number of halogens is 1. The Morgan fingerprint density at radius 1 is 1.45 bits per heavy atom. The molecule has 0 fully saturated rings. The number of nitrogens with one attached hydrogen (secondary N) is 1. The summed E-state index contributed by atoms with van der Waals surface area (Å²) in [6.07, 6.45) is 2.51. The van der Waals surface area contributed by atoms with Gasteiger partial charge < -0.3 is 9.88 Å². The van der Waals surface area contributed by atoms with Crippen LogP contribution in [0.5, 0.6) is 0 Å². The van der Waals surface area contributed by atoms with E-state index in [9.17, 15) is 14.0 Å². The van der Waals surface area contributed by atoms with Gasteiger partial charge in [-0.15, -0.1) is 0 Å². The second-order valence-corrected chi connectivity index (χ2v) is 5.07. The molecule has 1 amide bonds. The van der Waals surface area contributed by atoms with Crippen LogP contribution in [0.15, 0.2) is 23.3 Å². The first-order chi connectivity index (χ1) is 10.6. The number of rotatable bonds is 4. The number of anilines is 1. The van der Waals surface area contributed by atoms with Crippen molar-refractivity contribution < 1.29 is 9.18 Å². The molecule has 7 nitrogen and oxygen atoms in total. The molecule has 0 aliphatic carbocycles. The van der Waals surface area contributed by atoms with Gasteiger partial charge in [-0.2, -0.15) is 10.5 Å². The molecular weight excluding hydrogens is 309 g/mol. The van der Waals surface area contributed by atoms with Gasteiger partial charge in [-0.1, -0.05) is 11.3 Å². The first-order valence-electron chi connectivity index (χ1n) is 5.97. The van der Waals surface area contributed by atoms with Gasteiger partial charge in [-0.3, -0.25) is 9.59 Å². The van der Waals surface area contributed by atoms with E-state index in [4.69, 9.17) is 10.5 Å². The monoisotopic (exact) mass is 317 g/mol. The van der Waals surface area contributed by atoms with Crippen LogP contribution in [0.1, 0.15) is 20.2 Å². The smallest absolute Gasteiger partial charge is 0.268 e. The molecule has 0 unspecified atom stereocenters. The molecule has 2 heterocycles. The maximum atomic E-state index is 12.4. The van der Waals surface area contributed by atoms with Gasteiger partial charge in [0.15, 0.2) is 5.01 Å². The van der Waals surface area contributed by atoms with Crippen molar-refractivity contribution in [2.45, 2.75) is 6.54 Å². The van der Waals surface area contributed by atoms with Gasteiger partial charge in [-0.05, 0) is 6.07 Å². The summed E-state index contributed by atoms with van der Waals surface area (Å²) >= 11 is 0.910. The lowest BCUT2D eigenvalue weighted by Crippen LogP contribution is -2.24. The van der Waals surface area contributed by atoms with Crippen molar-refractivity contribution in [3.8, 4) is 12.1 Å². The molecule has 0 aromatic carbocycles. The molecule has 0 aliphatic heterocycles. The van der Waals surface area contributed by atoms with E-state index in [0.29, 0.717) is 0 Å².